The predicted octanol–water partition coefficient (Wildman–Crippen LogP) is 2.59. The molecule has 1 aliphatic rings. The molecule has 1 amide bonds. The average Bonchev–Trinajstić information content (AvgIpc) is 2.48. The molecule has 0 spiro atoms. The van der Waals surface area contributed by atoms with Crippen LogP contribution in [0.5, 0.6) is 0 Å². The quantitative estimate of drug-likeness (QED) is 0.917. The molecule has 1 saturated heterocycles. The first-order valence-electron chi connectivity index (χ1n) is 7.69. The summed E-state index contributed by atoms with van der Waals surface area (Å²) in [5.41, 5.74) is 7.36. The minimum Gasteiger partial charge on any atom is -0.338 e. The van der Waals surface area contributed by atoms with Gasteiger partial charge in [-0.1, -0.05) is 37.3 Å². The highest BCUT2D eigenvalue weighted by atomic mass is 16.2. The van der Waals surface area contributed by atoms with Gasteiger partial charge in [-0.2, -0.15) is 0 Å². The molecule has 3 atom stereocenters. The summed E-state index contributed by atoms with van der Waals surface area (Å²) in [5.74, 6) is 0.703. The molecule has 3 nitrogen and oxygen atoms in total. The first kappa shape index (κ1) is 15.0. The normalized spacial score (nSPS) is 24.4. The summed E-state index contributed by atoms with van der Waals surface area (Å²) >= 11 is 0. The first-order chi connectivity index (χ1) is 9.59. The molecular weight excluding hydrogens is 248 g/mol. The topological polar surface area (TPSA) is 46.3 Å². The van der Waals surface area contributed by atoms with E-state index in [9.17, 15) is 4.79 Å². The van der Waals surface area contributed by atoms with Gasteiger partial charge in [-0.3, -0.25) is 4.79 Å². The lowest BCUT2D eigenvalue weighted by Crippen LogP contribution is -2.52. The number of nitrogens with two attached hydrogens (primary N) is 1. The Labute approximate surface area is 122 Å². The van der Waals surface area contributed by atoms with E-state index in [1.54, 1.807) is 0 Å². The number of piperidine rings is 1. The number of aryl methyl sites for hydroxylation is 1. The van der Waals surface area contributed by atoms with Crippen LogP contribution in [0.15, 0.2) is 30.3 Å². The lowest BCUT2D eigenvalue weighted by molar-refractivity contribution is -0.137. The molecule has 1 aromatic carbocycles. The number of carbonyl (C=O) groups excluding carboxylic acids is 1. The Morgan fingerprint density at radius 1 is 1.35 bits per heavy atom. The first-order valence-corrected chi connectivity index (χ1v) is 7.69. The summed E-state index contributed by atoms with van der Waals surface area (Å²) < 4.78 is 0. The summed E-state index contributed by atoms with van der Waals surface area (Å²) in [5, 5.41) is 0. The van der Waals surface area contributed by atoms with E-state index in [0.717, 1.165) is 25.8 Å². The molecule has 0 aromatic heterocycles. The van der Waals surface area contributed by atoms with Crippen molar-refractivity contribution in [2.45, 2.75) is 51.6 Å². The maximum atomic E-state index is 12.5. The zero-order valence-electron chi connectivity index (χ0n) is 12.6. The molecule has 0 aliphatic carbocycles. The molecule has 2 rings (SSSR count). The fourth-order valence-electron chi connectivity index (χ4n) is 2.95. The van der Waals surface area contributed by atoms with Crippen LogP contribution < -0.4 is 5.73 Å². The fourth-order valence-corrected chi connectivity index (χ4v) is 2.95. The molecule has 1 fully saturated rings. The van der Waals surface area contributed by atoms with Crippen molar-refractivity contribution in [1.82, 2.24) is 4.90 Å². The number of nitrogens with zero attached hydrogens (tertiary/aromatic N) is 1. The Morgan fingerprint density at radius 2 is 2.05 bits per heavy atom. The maximum Gasteiger partial charge on any atom is 0.239 e. The van der Waals surface area contributed by atoms with E-state index < -0.39 is 0 Å². The van der Waals surface area contributed by atoms with Gasteiger partial charge in [0, 0.05) is 12.6 Å². The van der Waals surface area contributed by atoms with Crippen LogP contribution in [0.2, 0.25) is 0 Å². The van der Waals surface area contributed by atoms with Crippen molar-refractivity contribution in [1.29, 1.82) is 0 Å². The number of benzene rings is 1. The van der Waals surface area contributed by atoms with Crippen molar-refractivity contribution in [3.63, 3.8) is 0 Å². The third kappa shape index (κ3) is 3.60. The molecule has 0 saturated carbocycles. The monoisotopic (exact) mass is 274 g/mol. The number of hydrogen-bond donors (Lipinski definition) is 1. The van der Waals surface area contributed by atoms with Crippen LogP contribution >= 0.6 is 0 Å². The molecule has 0 bridgehead atoms. The third-order valence-electron chi connectivity index (χ3n) is 4.56. The largest absolute Gasteiger partial charge is 0.338 e. The number of likely N-dealkylation sites (tertiary alicyclic amines) is 1. The molecule has 0 radical (unpaired) electrons. The average molecular weight is 274 g/mol. The van der Waals surface area contributed by atoms with Gasteiger partial charge in [0.25, 0.3) is 0 Å². The van der Waals surface area contributed by atoms with Crippen molar-refractivity contribution in [3.05, 3.63) is 35.9 Å². The van der Waals surface area contributed by atoms with Gasteiger partial charge in [-0.25, -0.2) is 0 Å². The third-order valence-corrected chi connectivity index (χ3v) is 4.56. The second-order valence-corrected chi connectivity index (χ2v) is 6.02. The number of hydrogen-bond acceptors (Lipinski definition) is 2. The van der Waals surface area contributed by atoms with Crippen molar-refractivity contribution >= 4 is 5.91 Å². The highest BCUT2D eigenvalue weighted by Gasteiger charge is 2.30. The number of carbonyl (C=O) groups is 1. The number of amides is 1. The van der Waals surface area contributed by atoms with Gasteiger partial charge in [0.15, 0.2) is 0 Å². The standard InChI is InChI=1S/C17H26N2O/c1-13-7-6-12-19(14(13)2)17(20)16(18)11-10-15-8-4-3-5-9-15/h3-5,8-9,13-14,16H,6-7,10-12,18H2,1-2H3/t13?,14?,16-/m0/s1. The zero-order chi connectivity index (χ0) is 14.5. The summed E-state index contributed by atoms with van der Waals surface area (Å²) in [6.45, 7) is 5.23. The molecule has 1 aliphatic heterocycles. The van der Waals surface area contributed by atoms with E-state index in [2.05, 4.69) is 26.0 Å². The highest BCUT2D eigenvalue weighted by molar-refractivity contribution is 5.82. The predicted molar refractivity (Wildman–Crippen MR) is 82.3 cm³/mol. The molecule has 1 heterocycles. The maximum absolute atomic E-state index is 12.5. The van der Waals surface area contributed by atoms with Gasteiger partial charge in [-0.15, -0.1) is 0 Å². The van der Waals surface area contributed by atoms with Crippen molar-refractivity contribution in [2.24, 2.45) is 11.7 Å². The Hall–Kier alpha value is -1.35. The fraction of sp³-hybridized carbons (Fsp3) is 0.588. The second kappa shape index (κ2) is 6.89. The Bertz CT molecular complexity index is 432. The van der Waals surface area contributed by atoms with Crippen molar-refractivity contribution in [2.75, 3.05) is 6.54 Å². The van der Waals surface area contributed by atoms with Gasteiger partial charge in [0.2, 0.25) is 5.91 Å². The Balaban J connectivity index is 1.88. The van der Waals surface area contributed by atoms with Crippen LogP contribution in [0.25, 0.3) is 0 Å². The van der Waals surface area contributed by atoms with Crippen LogP contribution in [0.3, 0.4) is 0 Å². The van der Waals surface area contributed by atoms with Gasteiger partial charge in [-0.05, 0) is 44.1 Å². The molecule has 2 unspecified atom stereocenters. The number of rotatable bonds is 4. The lowest BCUT2D eigenvalue weighted by atomic mass is 9.91. The summed E-state index contributed by atoms with van der Waals surface area (Å²) in [7, 11) is 0. The van der Waals surface area contributed by atoms with Gasteiger partial charge in [0.05, 0.1) is 6.04 Å². The Kier molecular flexibility index (Phi) is 5.18. The lowest BCUT2D eigenvalue weighted by Gasteiger charge is -2.39. The van der Waals surface area contributed by atoms with E-state index in [0.29, 0.717) is 12.0 Å². The molecule has 20 heavy (non-hydrogen) atoms. The zero-order valence-corrected chi connectivity index (χ0v) is 12.6. The summed E-state index contributed by atoms with van der Waals surface area (Å²) in [4.78, 5) is 14.5. The van der Waals surface area contributed by atoms with Gasteiger partial charge < -0.3 is 10.6 Å². The second-order valence-electron chi connectivity index (χ2n) is 6.02. The van der Waals surface area contributed by atoms with Gasteiger partial charge in [0.1, 0.15) is 0 Å². The van der Waals surface area contributed by atoms with Crippen molar-refractivity contribution < 1.29 is 4.79 Å². The van der Waals surface area contributed by atoms with Crippen LogP contribution in [-0.2, 0) is 11.2 Å². The van der Waals surface area contributed by atoms with Crippen LogP contribution in [0, 0.1) is 5.92 Å². The summed E-state index contributed by atoms with van der Waals surface area (Å²) in [6.07, 6.45) is 3.90. The molecule has 3 heteroatoms. The minimum atomic E-state index is -0.372. The van der Waals surface area contributed by atoms with Crippen LogP contribution in [0.1, 0.15) is 38.7 Å². The van der Waals surface area contributed by atoms with Crippen LogP contribution in [0.4, 0.5) is 0 Å². The van der Waals surface area contributed by atoms with Crippen molar-refractivity contribution in [3.8, 4) is 0 Å². The van der Waals surface area contributed by atoms with Gasteiger partial charge >= 0.3 is 0 Å². The van der Waals surface area contributed by atoms with E-state index in [4.69, 9.17) is 5.73 Å². The summed E-state index contributed by atoms with van der Waals surface area (Å²) in [6, 6.07) is 10.2. The van der Waals surface area contributed by atoms with E-state index >= 15 is 0 Å². The molecule has 1 aromatic rings. The van der Waals surface area contributed by atoms with E-state index in [1.807, 2.05) is 23.1 Å². The van der Waals surface area contributed by atoms with E-state index in [-0.39, 0.29) is 11.9 Å². The van der Waals surface area contributed by atoms with E-state index in [1.165, 1.54) is 12.0 Å². The minimum absolute atomic E-state index is 0.125. The Morgan fingerprint density at radius 3 is 2.75 bits per heavy atom. The molecule has 110 valence electrons. The highest BCUT2D eigenvalue weighted by Crippen LogP contribution is 2.23. The smallest absolute Gasteiger partial charge is 0.239 e. The SMILES string of the molecule is CC1CCCN(C(=O)[C@@H](N)CCc2ccccc2)C1C. The van der Waals surface area contributed by atoms with Crippen LogP contribution in [-0.4, -0.2) is 29.4 Å². The molecular formula is C17H26N2O. The molecule has 2 N–H and O–H groups in total.